The Hall–Kier alpha value is -0.260. The molecule has 0 aliphatic heterocycles. The van der Waals surface area contributed by atoms with Crippen molar-refractivity contribution < 1.29 is 0 Å². The number of rotatable bonds is 0. The fourth-order valence-electron chi connectivity index (χ4n) is 4.17. The van der Waals surface area contributed by atoms with Crippen LogP contribution in [0.25, 0.3) is 0 Å². The van der Waals surface area contributed by atoms with E-state index in [-0.39, 0.29) is 0 Å². The van der Waals surface area contributed by atoms with E-state index in [0.29, 0.717) is 0 Å². The van der Waals surface area contributed by atoms with Gasteiger partial charge < -0.3 is 0 Å². The molecule has 3 aliphatic carbocycles. The van der Waals surface area contributed by atoms with Gasteiger partial charge in [0.25, 0.3) is 0 Å². The van der Waals surface area contributed by atoms with Crippen molar-refractivity contribution >= 4 is 0 Å². The summed E-state index contributed by atoms with van der Waals surface area (Å²) in [4.78, 5) is 0. The largest absolute Gasteiger partial charge is 0.0848 e. The van der Waals surface area contributed by atoms with Gasteiger partial charge in [0.1, 0.15) is 0 Å². The molecule has 0 heterocycles. The van der Waals surface area contributed by atoms with Crippen LogP contribution in [0.2, 0.25) is 0 Å². The Morgan fingerprint density at radius 1 is 0.929 bits per heavy atom. The van der Waals surface area contributed by atoms with E-state index in [1.54, 1.807) is 6.42 Å². The number of hydrogen-bond donors (Lipinski definition) is 0. The molecule has 0 aromatic carbocycles. The third-order valence-corrected chi connectivity index (χ3v) is 4.87. The lowest BCUT2D eigenvalue weighted by Gasteiger charge is -2.43. The molecule has 0 radical (unpaired) electrons. The highest BCUT2D eigenvalue weighted by atomic mass is 14.4. The first kappa shape index (κ1) is 9.00. The lowest BCUT2D eigenvalue weighted by molar-refractivity contribution is 0.148. The fraction of sp³-hybridized carbons (Fsp3) is 0.857. The molecule has 0 saturated heterocycles. The maximum Gasteiger partial charge on any atom is -0.0172 e. The van der Waals surface area contributed by atoms with Crippen LogP contribution in [0.1, 0.15) is 57.8 Å². The Balaban J connectivity index is 1.82. The molecule has 3 atom stereocenters. The van der Waals surface area contributed by atoms with Crippen molar-refractivity contribution in [3.8, 4) is 0 Å². The standard InChI is InChI=1S/C14H22/c1-3-7-13-11(5-1)9-10-12-6-2-4-8-14(12)13/h9,12-14H,1-8,10H2/t12-,13-,14-/m1/s1. The zero-order valence-corrected chi connectivity index (χ0v) is 9.17. The molecule has 0 bridgehead atoms. The highest BCUT2D eigenvalue weighted by Crippen LogP contribution is 2.48. The predicted octanol–water partition coefficient (Wildman–Crippen LogP) is 4.31. The first-order valence-electron chi connectivity index (χ1n) is 6.64. The Morgan fingerprint density at radius 3 is 2.79 bits per heavy atom. The first-order chi connectivity index (χ1) is 6.95. The monoisotopic (exact) mass is 190 g/mol. The number of allylic oxidation sites excluding steroid dienone is 2. The van der Waals surface area contributed by atoms with Crippen molar-refractivity contribution in [3.63, 3.8) is 0 Å². The molecule has 3 rings (SSSR count). The van der Waals surface area contributed by atoms with E-state index in [9.17, 15) is 0 Å². The molecule has 14 heavy (non-hydrogen) atoms. The van der Waals surface area contributed by atoms with E-state index in [1.807, 2.05) is 5.57 Å². The van der Waals surface area contributed by atoms with Gasteiger partial charge in [0.05, 0.1) is 0 Å². The van der Waals surface area contributed by atoms with Gasteiger partial charge in [-0.25, -0.2) is 0 Å². The average molecular weight is 190 g/mol. The topological polar surface area (TPSA) is 0 Å². The Labute approximate surface area is 87.8 Å². The van der Waals surface area contributed by atoms with Crippen LogP contribution < -0.4 is 0 Å². The van der Waals surface area contributed by atoms with Gasteiger partial charge in [0.15, 0.2) is 0 Å². The van der Waals surface area contributed by atoms with Crippen LogP contribution in [-0.4, -0.2) is 0 Å². The summed E-state index contributed by atoms with van der Waals surface area (Å²) in [7, 11) is 0. The first-order valence-corrected chi connectivity index (χ1v) is 6.64. The Kier molecular flexibility index (Phi) is 2.39. The zero-order valence-electron chi connectivity index (χ0n) is 9.17. The molecule has 0 heteroatoms. The SMILES string of the molecule is C1=C2CCCC[C@H]2[C@@H]2CCCC[C@@H]2C1. The lowest BCUT2D eigenvalue weighted by Crippen LogP contribution is -2.32. The molecule has 0 N–H and O–H groups in total. The minimum Gasteiger partial charge on any atom is -0.0848 e. The molecule has 0 unspecified atom stereocenters. The highest BCUT2D eigenvalue weighted by Gasteiger charge is 2.36. The van der Waals surface area contributed by atoms with Crippen LogP contribution in [0.5, 0.6) is 0 Å². The van der Waals surface area contributed by atoms with Crippen LogP contribution in [0, 0.1) is 17.8 Å². The van der Waals surface area contributed by atoms with E-state index in [2.05, 4.69) is 6.08 Å². The van der Waals surface area contributed by atoms with E-state index < -0.39 is 0 Å². The maximum atomic E-state index is 2.62. The van der Waals surface area contributed by atoms with Crippen LogP contribution in [0.15, 0.2) is 11.6 Å². The van der Waals surface area contributed by atoms with Gasteiger partial charge in [0.2, 0.25) is 0 Å². The van der Waals surface area contributed by atoms with Crippen molar-refractivity contribution in [2.45, 2.75) is 57.8 Å². The van der Waals surface area contributed by atoms with Gasteiger partial charge in [-0.15, -0.1) is 0 Å². The number of fused-ring (bicyclic) bond motifs is 3. The van der Waals surface area contributed by atoms with Crippen LogP contribution >= 0.6 is 0 Å². The van der Waals surface area contributed by atoms with Crippen LogP contribution in [0.4, 0.5) is 0 Å². The van der Waals surface area contributed by atoms with Gasteiger partial charge in [-0.05, 0) is 56.3 Å². The summed E-state index contributed by atoms with van der Waals surface area (Å²) in [6.45, 7) is 0. The third-order valence-electron chi connectivity index (χ3n) is 4.87. The molecule has 2 saturated carbocycles. The van der Waals surface area contributed by atoms with Gasteiger partial charge in [-0.2, -0.15) is 0 Å². The molecule has 2 fully saturated rings. The molecule has 0 nitrogen and oxygen atoms in total. The summed E-state index contributed by atoms with van der Waals surface area (Å²) >= 11 is 0. The summed E-state index contributed by atoms with van der Waals surface area (Å²) in [5.41, 5.74) is 1.86. The minimum absolute atomic E-state index is 1.03. The second-order valence-corrected chi connectivity index (χ2v) is 5.58. The predicted molar refractivity (Wildman–Crippen MR) is 60.1 cm³/mol. The molecular weight excluding hydrogens is 168 g/mol. The van der Waals surface area contributed by atoms with Crippen LogP contribution in [-0.2, 0) is 0 Å². The summed E-state index contributed by atoms with van der Waals surface area (Å²) in [5, 5.41) is 0. The highest BCUT2D eigenvalue weighted by molar-refractivity contribution is 5.15. The van der Waals surface area contributed by atoms with E-state index in [4.69, 9.17) is 0 Å². The molecular formula is C14H22. The maximum absolute atomic E-state index is 2.62. The van der Waals surface area contributed by atoms with Gasteiger partial charge in [0, 0.05) is 0 Å². The summed E-state index contributed by atoms with van der Waals surface area (Å²) in [6, 6.07) is 0. The van der Waals surface area contributed by atoms with Gasteiger partial charge in [-0.1, -0.05) is 30.9 Å². The lowest BCUT2D eigenvalue weighted by atomic mass is 9.62. The van der Waals surface area contributed by atoms with E-state index in [1.165, 1.54) is 51.4 Å². The van der Waals surface area contributed by atoms with E-state index >= 15 is 0 Å². The summed E-state index contributed by atoms with van der Waals surface area (Å²) < 4.78 is 0. The average Bonchev–Trinajstić information content (AvgIpc) is 2.29. The molecule has 0 aromatic rings. The minimum atomic E-state index is 1.03. The third kappa shape index (κ3) is 1.43. The second kappa shape index (κ2) is 3.72. The quantitative estimate of drug-likeness (QED) is 0.499. The Bertz CT molecular complexity index is 238. The van der Waals surface area contributed by atoms with Crippen LogP contribution in [0.3, 0.4) is 0 Å². The normalized spacial score (nSPS) is 42.3. The molecule has 3 aliphatic rings. The summed E-state index contributed by atoms with van der Waals surface area (Å²) in [6.07, 6.45) is 16.1. The summed E-state index contributed by atoms with van der Waals surface area (Å²) in [5.74, 6) is 3.21. The molecule has 0 amide bonds. The van der Waals surface area contributed by atoms with Crippen molar-refractivity contribution in [2.24, 2.45) is 17.8 Å². The van der Waals surface area contributed by atoms with Crippen molar-refractivity contribution in [3.05, 3.63) is 11.6 Å². The van der Waals surface area contributed by atoms with E-state index in [0.717, 1.165) is 17.8 Å². The smallest absolute Gasteiger partial charge is 0.0172 e. The van der Waals surface area contributed by atoms with Crippen molar-refractivity contribution in [1.29, 1.82) is 0 Å². The van der Waals surface area contributed by atoms with Crippen molar-refractivity contribution in [1.82, 2.24) is 0 Å². The number of hydrogen-bond acceptors (Lipinski definition) is 0. The fourth-order valence-corrected chi connectivity index (χ4v) is 4.17. The molecule has 0 aromatic heterocycles. The zero-order chi connectivity index (χ0) is 9.38. The van der Waals surface area contributed by atoms with Crippen molar-refractivity contribution in [2.75, 3.05) is 0 Å². The molecule has 78 valence electrons. The van der Waals surface area contributed by atoms with Gasteiger partial charge >= 0.3 is 0 Å². The van der Waals surface area contributed by atoms with Gasteiger partial charge in [-0.3, -0.25) is 0 Å². The molecule has 0 spiro atoms. The second-order valence-electron chi connectivity index (χ2n) is 5.58. The Morgan fingerprint density at radius 2 is 1.79 bits per heavy atom.